The molecule has 0 atom stereocenters. The topological polar surface area (TPSA) is 98.2 Å². The summed E-state index contributed by atoms with van der Waals surface area (Å²) < 4.78 is 38.2. The Hall–Kier alpha value is -2.00. The van der Waals surface area contributed by atoms with Crippen molar-refractivity contribution in [1.82, 2.24) is 10.6 Å². The summed E-state index contributed by atoms with van der Waals surface area (Å²) in [7, 11) is 0.365. The summed E-state index contributed by atoms with van der Waals surface area (Å²) >= 11 is 0. The van der Waals surface area contributed by atoms with Crippen LogP contribution in [-0.4, -0.2) is 73.5 Å². The van der Waals surface area contributed by atoms with Gasteiger partial charge < -0.3 is 24.8 Å². The molecule has 28 heavy (non-hydrogen) atoms. The maximum Gasteiger partial charge on any atom is 0.191 e. The zero-order chi connectivity index (χ0) is 20.8. The predicted octanol–water partition coefficient (Wildman–Crippen LogP) is 1.25. The Morgan fingerprint density at radius 2 is 1.89 bits per heavy atom. The van der Waals surface area contributed by atoms with Crippen LogP contribution >= 0.6 is 0 Å². The second kappa shape index (κ2) is 13.2. The number of rotatable bonds is 13. The lowest BCUT2D eigenvalue weighted by Crippen LogP contribution is -2.39. The number of hydrogen-bond donors (Lipinski definition) is 2. The van der Waals surface area contributed by atoms with Crippen LogP contribution in [0.2, 0.25) is 0 Å². The molecule has 8 nitrogen and oxygen atoms in total. The predicted molar refractivity (Wildman–Crippen MR) is 112 cm³/mol. The number of sulfone groups is 1. The van der Waals surface area contributed by atoms with E-state index in [9.17, 15) is 8.42 Å². The molecule has 9 heteroatoms. The van der Waals surface area contributed by atoms with Gasteiger partial charge in [0.1, 0.15) is 9.84 Å². The van der Waals surface area contributed by atoms with E-state index in [1.165, 1.54) is 11.8 Å². The van der Waals surface area contributed by atoms with E-state index >= 15 is 0 Å². The molecule has 0 amide bonds. The molecule has 160 valence electrons. The van der Waals surface area contributed by atoms with Crippen molar-refractivity contribution in [1.29, 1.82) is 0 Å². The van der Waals surface area contributed by atoms with Gasteiger partial charge in [0.2, 0.25) is 0 Å². The minimum absolute atomic E-state index is 0.0380. The smallest absolute Gasteiger partial charge is 0.191 e. The number of nitrogens with one attached hydrogen (secondary N) is 2. The number of guanidine groups is 1. The van der Waals surface area contributed by atoms with Crippen molar-refractivity contribution < 1.29 is 22.6 Å². The van der Waals surface area contributed by atoms with Gasteiger partial charge in [0.25, 0.3) is 0 Å². The normalized spacial score (nSPS) is 11.9. The molecular weight excluding hydrogens is 382 g/mol. The first-order valence-corrected chi connectivity index (χ1v) is 11.4. The molecule has 0 aliphatic rings. The third-order valence-electron chi connectivity index (χ3n) is 3.82. The molecule has 1 rings (SSSR count). The molecule has 0 aliphatic carbocycles. The Kier molecular flexibility index (Phi) is 11.4. The number of nitrogens with zero attached hydrogens (tertiary/aromatic N) is 1. The fourth-order valence-corrected chi connectivity index (χ4v) is 2.84. The van der Waals surface area contributed by atoms with E-state index in [0.29, 0.717) is 25.7 Å². The molecule has 0 bridgehead atoms. The highest BCUT2D eigenvalue weighted by molar-refractivity contribution is 7.90. The average Bonchev–Trinajstić information content (AvgIpc) is 2.65. The standard InChI is InChI=1S/C19H33N3O5S/c1-5-27-18-15-16(8-9-17(18)25-3)7-6-10-21-19(20-2)22-11-12-26-13-14-28(4,23)24/h8-9,15H,5-7,10-14H2,1-4H3,(H2,20,21,22). The summed E-state index contributed by atoms with van der Waals surface area (Å²) in [6.45, 7) is 4.50. The van der Waals surface area contributed by atoms with Gasteiger partial charge in [-0.3, -0.25) is 4.99 Å². The lowest BCUT2D eigenvalue weighted by atomic mass is 10.1. The number of methoxy groups -OCH3 is 1. The van der Waals surface area contributed by atoms with Gasteiger partial charge in [0.15, 0.2) is 17.5 Å². The van der Waals surface area contributed by atoms with E-state index in [1.807, 2.05) is 25.1 Å². The molecule has 1 aromatic rings. The molecule has 0 saturated heterocycles. The first-order chi connectivity index (χ1) is 13.4. The summed E-state index contributed by atoms with van der Waals surface area (Å²) in [6, 6.07) is 5.99. The van der Waals surface area contributed by atoms with Crippen molar-refractivity contribution in [3.63, 3.8) is 0 Å². The van der Waals surface area contributed by atoms with Crippen LogP contribution in [0.25, 0.3) is 0 Å². The molecule has 0 aromatic heterocycles. The van der Waals surface area contributed by atoms with Gasteiger partial charge >= 0.3 is 0 Å². The van der Waals surface area contributed by atoms with Gasteiger partial charge in [0, 0.05) is 26.4 Å². The number of aliphatic imine (C=N–C) groups is 1. The second-order valence-electron chi connectivity index (χ2n) is 6.19. The van der Waals surface area contributed by atoms with Crippen molar-refractivity contribution in [3.05, 3.63) is 23.8 Å². The molecule has 0 unspecified atom stereocenters. The molecule has 0 fully saturated rings. The van der Waals surface area contributed by atoms with Crippen molar-refractivity contribution in [2.24, 2.45) is 4.99 Å². The summed E-state index contributed by atoms with van der Waals surface area (Å²) in [5, 5.41) is 6.38. The van der Waals surface area contributed by atoms with Crippen LogP contribution in [0.1, 0.15) is 18.9 Å². The van der Waals surface area contributed by atoms with Gasteiger partial charge in [-0.2, -0.15) is 0 Å². The van der Waals surface area contributed by atoms with Gasteiger partial charge in [-0.1, -0.05) is 6.07 Å². The fourth-order valence-electron chi connectivity index (χ4n) is 2.42. The SMILES string of the molecule is CCOc1cc(CCCNC(=NC)NCCOCCS(C)(=O)=O)ccc1OC. The largest absolute Gasteiger partial charge is 0.493 e. The van der Waals surface area contributed by atoms with Crippen LogP contribution in [0.3, 0.4) is 0 Å². The number of aryl methyl sites for hydroxylation is 1. The van der Waals surface area contributed by atoms with E-state index in [4.69, 9.17) is 14.2 Å². The maximum absolute atomic E-state index is 11.0. The Labute approximate surface area is 168 Å². The lowest BCUT2D eigenvalue weighted by Gasteiger charge is -2.13. The minimum Gasteiger partial charge on any atom is -0.493 e. The van der Waals surface area contributed by atoms with E-state index in [0.717, 1.165) is 30.9 Å². The third kappa shape index (κ3) is 10.4. The van der Waals surface area contributed by atoms with E-state index in [2.05, 4.69) is 15.6 Å². The fraction of sp³-hybridized carbons (Fsp3) is 0.632. The monoisotopic (exact) mass is 415 g/mol. The van der Waals surface area contributed by atoms with Gasteiger partial charge in [-0.05, 0) is 37.5 Å². The van der Waals surface area contributed by atoms with Gasteiger partial charge in [0.05, 0.1) is 32.7 Å². The molecule has 0 saturated carbocycles. The highest BCUT2D eigenvalue weighted by Gasteiger charge is 2.06. The molecule has 0 aliphatic heterocycles. The van der Waals surface area contributed by atoms with Gasteiger partial charge in [-0.25, -0.2) is 8.42 Å². The number of benzene rings is 1. The van der Waals surface area contributed by atoms with Crippen molar-refractivity contribution >= 4 is 15.8 Å². The minimum atomic E-state index is -2.98. The Morgan fingerprint density at radius 1 is 1.14 bits per heavy atom. The number of hydrogen-bond acceptors (Lipinski definition) is 6. The zero-order valence-corrected chi connectivity index (χ0v) is 18.1. The van der Waals surface area contributed by atoms with Crippen molar-refractivity contribution in [2.45, 2.75) is 19.8 Å². The van der Waals surface area contributed by atoms with Crippen LogP contribution < -0.4 is 20.1 Å². The Balaban J connectivity index is 2.25. The van der Waals surface area contributed by atoms with Crippen LogP contribution in [-0.2, 0) is 21.0 Å². The highest BCUT2D eigenvalue weighted by Crippen LogP contribution is 2.28. The molecular formula is C19H33N3O5S. The first-order valence-electron chi connectivity index (χ1n) is 9.39. The summed E-state index contributed by atoms with van der Waals surface area (Å²) in [6.07, 6.45) is 3.04. The second-order valence-corrected chi connectivity index (χ2v) is 8.45. The maximum atomic E-state index is 11.0. The average molecular weight is 416 g/mol. The molecule has 1 aromatic carbocycles. The molecule has 2 N–H and O–H groups in total. The summed E-state index contributed by atoms with van der Waals surface area (Å²) in [5.41, 5.74) is 1.19. The highest BCUT2D eigenvalue weighted by atomic mass is 32.2. The lowest BCUT2D eigenvalue weighted by molar-refractivity contribution is 0.154. The third-order valence-corrected chi connectivity index (χ3v) is 4.73. The van der Waals surface area contributed by atoms with E-state index in [-0.39, 0.29) is 12.4 Å². The molecule has 0 spiro atoms. The quantitative estimate of drug-likeness (QED) is 0.284. The van der Waals surface area contributed by atoms with E-state index in [1.54, 1.807) is 14.2 Å². The summed E-state index contributed by atoms with van der Waals surface area (Å²) in [4.78, 5) is 4.16. The van der Waals surface area contributed by atoms with Crippen molar-refractivity contribution in [3.8, 4) is 11.5 Å². The van der Waals surface area contributed by atoms with Crippen LogP contribution in [0.5, 0.6) is 11.5 Å². The van der Waals surface area contributed by atoms with E-state index < -0.39 is 9.84 Å². The Bertz CT molecular complexity index is 708. The summed E-state index contributed by atoms with van der Waals surface area (Å²) in [5.74, 6) is 2.24. The Morgan fingerprint density at radius 3 is 2.54 bits per heavy atom. The van der Waals surface area contributed by atoms with Crippen molar-refractivity contribution in [2.75, 3.05) is 59.1 Å². The molecule has 0 heterocycles. The van der Waals surface area contributed by atoms with Crippen LogP contribution in [0.15, 0.2) is 23.2 Å². The zero-order valence-electron chi connectivity index (χ0n) is 17.3. The van der Waals surface area contributed by atoms with Crippen LogP contribution in [0.4, 0.5) is 0 Å². The molecule has 0 radical (unpaired) electrons. The van der Waals surface area contributed by atoms with Crippen LogP contribution in [0, 0.1) is 0 Å². The first kappa shape index (κ1) is 24.0. The number of ether oxygens (including phenoxy) is 3. The van der Waals surface area contributed by atoms with Gasteiger partial charge in [-0.15, -0.1) is 0 Å².